The minimum absolute atomic E-state index is 0.0322. The zero-order valence-electron chi connectivity index (χ0n) is 10.6. The normalized spacial score (nSPS) is 11.7. The highest BCUT2D eigenvalue weighted by atomic mass is 32.1. The smallest absolute Gasteiger partial charge is 0.376 e. The molecule has 98 valence electrons. The van der Waals surface area contributed by atoms with Crippen LogP contribution in [0, 0.1) is 5.92 Å². The monoisotopic (exact) mass is 268 g/mol. The summed E-state index contributed by atoms with van der Waals surface area (Å²) >= 11 is 4.92. The lowest BCUT2D eigenvalue weighted by molar-refractivity contribution is 0.0587. The molecule has 0 saturated carbocycles. The number of thiocarbonyl (C=S) groups is 1. The van der Waals surface area contributed by atoms with E-state index >= 15 is 0 Å². The number of methoxy groups -OCH3 is 1. The maximum absolute atomic E-state index is 11.3. The van der Waals surface area contributed by atoms with Crippen LogP contribution in [0.25, 0.3) is 0 Å². The van der Waals surface area contributed by atoms with E-state index in [-0.39, 0.29) is 11.7 Å². The van der Waals surface area contributed by atoms with Crippen molar-refractivity contribution in [3.8, 4) is 0 Å². The van der Waals surface area contributed by atoms with Crippen LogP contribution < -0.4 is 10.6 Å². The number of aromatic nitrogens is 2. The highest BCUT2D eigenvalue weighted by Gasteiger charge is 2.14. The molecular formula is C11H16N4O2S. The van der Waals surface area contributed by atoms with Crippen LogP contribution in [-0.4, -0.2) is 41.6 Å². The van der Waals surface area contributed by atoms with Gasteiger partial charge in [0, 0.05) is 25.7 Å². The number of nitrogens with zero attached hydrogens (tertiary/aromatic N) is 3. The number of anilines is 1. The molecule has 18 heavy (non-hydrogen) atoms. The molecule has 0 saturated heterocycles. The van der Waals surface area contributed by atoms with Crippen molar-refractivity contribution in [2.45, 2.75) is 6.92 Å². The van der Waals surface area contributed by atoms with E-state index in [1.807, 2.05) is 18.9 Å². The first kappa shape index (κ1) is 14.3. The number of nitrogens with two attached hydrogens (primary N) is 1. The number of esters is 1. The van der Waals surface area contributed by atoms with E-state index in [4.69, 9.17) is 18.0 Å². The van der Waals surface area contributed by atoms with E-state index < -0.39 is 5.97 Å². The van der Waals surface area contributed by atoms with Gasteiger partial charge in [-0.2, -0.15) is 0 Å². The summed E-state index contributed by atoms with van der Waals surface area (Å²) in [7, 11) is 3.13. The Kier molecular flexibility index (Phi) is 4.96. The van der Waals surface area contributed by atoms with E-state index in [2.05, 4.69) is 14.7 Å². The lowest BCUT2D eigenvalue weighted by Gasteiger charge is -2.21. The maximum atomic E-state index is 11.3. The van der Waals surface area contributed by atoms with E-state index in [1.54, 1.807) is 6.07 Å². The van der Waals surface area contributed by atoms with E-state index in [0.29, 0.717) is 17.4 Å². The van der Waals surface area contributed by atoms with Gasteiger partial charge < -0.3 is 15.4 Å². The summed E-state index contributed by atoms with van der Waals surface area (Å²) in [6.45, 7) is 2.55. The topological polar surface area (TPSA) is 81.3 Å². The Balaban J connectivity index is 2.83. The molecule has 7 heteroatoms. The standard InChI is InChI=1S/C11H16N4O2S/c1-7(9(12)18)6-15(2)8-4-5-13-10(14-8)11(16)17-3/h4-5,7H,6H2,1-3H3,(H2,12,18). The summed E-state index contributed by atoms with van der Waals surface area (Å²) in [5.41, 5.74) is 5.56. The summed E-state index contributed by atoms with van der Waals surface area (Å²) in [5.74, 6) is 0.146. The van der Waals surface area contributed by atoms with Crippen molar-refractivity contribution in [2.75, 3.05) is 25.6 Å². The van der Waals surface area contributed by atoms with Crippen LogP contribution in [0.5, 0.6) is 0 Å². The summed E-state index contributed by atoms with van der Waals surface area (Å²) in [6, 6.07) is 1.71. The van der Waals surface area contributed by atoms with Crippen molar-refractivity contribution in [1.82, 2.24) is 9.97 Å². The van der Waals surface area contributed by atoms with E-state index in [9.17, 15) is 4.79 Å². The highest BCUT2D eigenvalue weighted by molar-refractivity contribution is 7.80. The summed E-state index contributed by atoms with van der Waals surface area (Å²) in [4.78, 5) is 21.6. The molecule has 0 radical (unpaired) electrons. The number of hydrogen-bond donors (Lipinski definition) is 1. The number of hydrogen-bond acceptors (Lipinski definition) is 6. The second kappa shape index (κ2) is 6.25. The van der Waals surface area contributed by atoms with Crippen LogP contribution in [0.2, 0.25) is 0 Å². The van der Waals surface area contributed by atoms with Gasteiger partial charge in [-0.1, -0.05) is 19.1 Å². The van der Waals surface area contributed by atoms with Gasteiger partial charge in [0.15, 0.2) is 0 Å². The third-order valence-electron chi connectivity index (χ3n) is 2.43. The molecule has 0 aliphatic heterocycles. The van der Waals surface area contributed by atoms with Gasteiger partial charge in [-0.05, 0) is 6.07 Å². The van der Waals surface area contributed by atoms with Crippen molar-refractivity contribution in [1.29, 1.82) is 0 Å². The van der Waals surface area contributed by atoms with Crippen LogP contribution in [0.15, 0.2) is 12.3 Å². The average molecular weight is 268 g/mol. The largest absolute Gasteiger partial charge is 0.463 e. The Morgan fingerprint density at radius 3 is 2.89 bits per heavy atom. The molecule has 0 fully saturated rings. The molecule has 2 N–H and O–H groups in total. The fourth-order valence-electron chi connectivity index (χ4n) is 1.35. The second-order valence-electron chi connectivity index (χ2n) is 3.91. The van der Waals surface area contributed by atoms with Crippen molar-refractivity contribution < 1.29 is 9.53 Å². The van der Waals surface area contributed by atoms with Crippen molar-refractivity contribution in [2.24, 2.45) is 11.7 Å². The number of ether oxygens (including phenoxy) is 1. The van der Waals surface area contributed by atoms with E-state index in [1.165, 1.54) is 13.3 Å². The van der Waals surface area contributed by atoms with Gasteiger partial charge in [-0.15, -0.1) is 0 Å². The van der Waals surface area contributed by atoms with Gasteiger partial charge in [0.25, 0.3) is 0 Å². The lowest BCUT2D eigenvalue weighted by Crippen LogP contribution is -2.32. The number of rotatable bonds is 5. The predicted molar refractivity (Wildman–Crippen MR) is 72.6 cm³/mol. The number of carbonyl (C=O) groups is 1. The molecule has 1 rings (SSSR count). The lowest BCUT2D eigenvalue weighted by atomic mass is 10.2. The Hall–Kier alpha value is -1.76. The SMILES string of the molecule is COC(=O)c1nccc(N(C)CC(C)C(N)=S)n1. The minimum atomic E-state index is -0.562. The minimum Gasteiger partial charge on any atom is -0.463 e. The molecule has 0 amide bonds. The first-order valence-corrected chi connectivity index (χ1v) is 5.78. The van der Waals surface area contributed by atoms with Gasteiger partial charge in [0.2, 0.25) is 5.82 Å². The zero-order chi connectivity index (χ0) is 13.7. The molecule has 1 aromatic heterocycles. The Morgan fingerprint density at radius 2 is 2.33 bits per heavy atom. The molecule has 6 nitrogen and oxygen atoms in total. The highest BCUT2D eigenvalue weighted by Crippen LogP contribution is 2.10. The zero-order valence-corrected chi connectivity index (χ0v) is 11.4. The molecule has 0 aromatic carbocycles. The molecule has 1 aromatic rings. The van der Waals surface area contributed by atoms with Gasteiger partial charge in [-0.3, -0.25) is 0 Å². The van der Waals surface area contributed by atoms with Crippen LogP contribution >= 0.6 is 12.2 Å². The van der Waals surface area contributed by atoms with Crippen LogP contribution in [0.3, 0.4) is 0 Å². The van der Waals surface area contributed by atoms with Gasteiger partial charge >= 0.3 is 5.97 Å². The van der Waals surface area contributed by atoms with Gasteiger partial charge in [0.05, 0.1) is 12.1 Å². The fourth-order valence-corrected chi connectivity index (χ4v) is 1.42. The van der Waals surface area contributed by atoms with Crippen molar-refractivity contribution in [3.05, 3.63) is 18.1 Å². The maximum Gasteiger partial charge on any atom is 0.376 e. The van der Waals surface area contributed by atoms with Gasteiger partial charge in [-0.25, -0.2) is 14.8 Å². The molecule has 1 atom stereocenters. The molecular weight excluding hydrogens is 252 g/mol. The van der Waals surface area contributed by atoms with Gasteiger partial charge in [0.1, 0.15) is 5.82 Å². The Morgan fingerprint density at radius 1 is 1.67 bits per heavy atom. The molecule has 1 unspecified atom stereocenters. The van der Waals surface area contributed by atoms with E-state index in [0.717, 1.165) is 0 Å². The van der Waals surface area contributed by atoms with Crippen LogP contribution in [0.4, 0.5) is 5.82 Å². The Bertz CT molecular complexity index is 452. The molecule has 0 spiro atoms. The predicted octanol–water partition coefficient (Wildman–Crippen LogP) is 0.622. The molecule has 1 heterocycles. The second-order valence-corrected chi connectivity index (χ2v) is 4.39. The molecule has 0 aliphatic rings. The third kappa shape index (κ3) is 3.63. The molecule has 0 aliphatic carbocycles. The van der Waals surface area contributed by atoms with Crippen molar-refractivity contribution >= 4 is 29.0 Å². The van der Waals surface area contributed by atoms with Crippen molar-refractivity contribution in [3.63, 3.8) is 0 Å². The quantitative estimate of drug-likeness (QED) is 0.619. The Labute approximate surface area is 111 Å². The third-order valence-corrected chi connectivity index (χ3v) is 2.84. The van der Waals surface area contributed by atoms with Crippen LogP contribution in [-0.2, 0) is 4.74 Å². The first-order valence-electron chi connectivity index (χ1n) is 5.37. The first-order chi connectivity index (χ1) is 8.45. The fraction of sp³-hybridized carbons (Fsp3) is 0.455. The summed E-state index contributed by atoms with van der Waals surface area (Å²) in [5, 5.41) is 0. The summed E-state index contributed by atoms with van der Waals surface area (Å²) < 4.78 is 4.57. The number of carbonyl (C=O) groups excluding carboxylic acids is 1. The molecule has 0 bridgehead atoms. The average Bonchev–Trinajstić information content (AvgIpc) is 2.37. The summed E-state index contributed by atoms with van der Waals surface area (Å²) in [6.07, 6.45) is 1.51. The van der Waals surface area contributed by atoms with Crippen LogP contribution in [0.1, 0.15) is 17.5 Å².